The van der Waals surface area contributed by atoms with Gasteiger partial charge in [0.2, 0.25) is 23.6 Å². The van der Waals surface area contributed by atoms with E-state index in [4.69, 9.17) is 5.73 Å². The molecule has 0 saturated carbocycles. The average molecular weight is 694 g/mol. The third-order valence-corrected chi connectivity index (χ3v) is 8.21. The van der Waals surface area contributed by atoms with Gasteiger partial charge in [-0.2, -0.15) is 0 Å². The number of phenolic OH excluding ortho intramolecular Hbond substituents is 1. The lowest BCUT2D eigenvalue weighted by Gasteiger charge is -2.26. The summed E-state index contributed by atoms with van der Waals surface area (Å²) in [5, 5.41) is 30.1. The van der Waals surface area contributed by atoms with Crippen LogP contribution in [0.3, 0.4) is 0 Å². The SMILES string of the molecule is C[C@@H](NC(=O)[C@H](N)Cc1ccccc1)C(=O)N[C@H](Cc1ccccc1)C(=O)N[C@H](Cc1ccccc1)C(=O)N[C@H](Cc1ccc(O)cc1)C(=O)O. The number of amides is 4. The van der Waals surface area contributed by atoms with Crippen molar-refractivity contribution in [3.05, 3.63) is 138 Å². The third kappa shape index (κ3) is 12.1. The van der Waals surface area contributed by atoms with Crippen LogP contribution in [-0.2, 0) is 49.7 Å². The van der Waals surface area contributed by atoms with E-state index >= 15 is 0 Å². The Morgan fingerprint density at radius 2 is 0.882 bits per heavy atom. The first-order valence-corrected chi connectivity index (χ1v) is 16.6. The summed E-state index contributed by atoms with van der Waals surface area (Å²) < 4.78 is 0. The van der Waals surface area contributed by atoms with E-state index in [9.17, 15) is 34.2 Å². The van der Waals surface area contributed by atoms with Crippen molar-refractivity contribution in [2.24, 2.45) is 5.73 Å². The fraction of sp³-hybridized carbons (Fsp3) is 0.256. The number of hydrogen-bond acceptors (Lipinski definition) is 7. The summed E-state index contributed by atoms with van der Waals surface area (Å²) in [4.78, 5) is 66.0. The summed E-state index contributed by atoms with van der Waals surface area (Å²) in [6.07, 6.45) is 0.286. The highest BCUT2D eigenvalue weighted by atomic mass is 16.4. The maximum absolute atomic E-state index is 13.9. The molecule has 0 radical (unpaired) electrons. The van der Waals surface area contributed by atoms with Gasteiger partial charge in [-0.25, -0.2) is 4.79 Å². The predicted octanol–water partition coefficient (Wildman–Crippen LogP) is 2.03. The number of aliphatic carboxylic acids is 1. The molecule has 5 atom stereocenters. The average Bonchev–Trinajstić information content (AvgIpc) is 3.12. The van der Waals surface area contributed by atoms with Crippen molar-refractivity contribution in [3.8, 4) is 5.75 Å². The van der Waals surface area contributed by atoms with Crippen LogP contribution < -0.4 is 27.0 Å². The summed E-state index contributed by atoms with van der Waals surface area (Å²) >= 11 is 0. The second-order valence-corrected chi connectivity index (χ2v) is 12.3. The van der Waals surface area contributed by atoms with Gasteiger partial charge >= 0.3 is 5.97 Å². The normalized spacial score (nSPS) is 13.8. The Morgan fingerprint density at radius 3 is 1.33 bits per heavy atom. The number of phenols is 1. The minimum atomic E-state index is -1.34. The lowest BCUT2D eigenvalue weighted by Crippen LogP contribution is -2.59. The van der Waals surface area contributed by atoms with E-state index in [0.29, 0.717) is 11.1 Å². The summed E-state index contributed by atoms with van der Waals surface area (Å²) in [6.45, 7) is 1.48. The Morgan fingerprint density at radius 1 is 0.510 bits per heavy atom. The van der Waals surface area contributed by atoms with Crippen LogP contribution in [0.15, 0.2) is 115 Å². The zero-order valence-electron chi connectivity index (χ0n) is 28.2. The molecule has 0 saturated heterocycles. The number of nitrogens with one attached hydrogen (secondary N) is 4. The lowest BCUT2D eigenvalue weighted by molar-refractivity contribution is -0.142. The highest BCUT2D eigenvalue weighted by molar-refractivity contribution is 5.95. The Balaban J connectivity index is 1.50. The van der Waals surface area contributed by atoms with Crippen molar-refractivity contribution in [1.82, 2.24) is 21.3 Å². The molecule has 4 aromatic rings. The van der Waals surface area contributed by atoms with Crippen LogP contribution in [-0.4, -0.2) is 70.0 Å². The molecule has 0 bridgehead atoms. The molecular formula is C39H43N5O7. The van der Waals surface area contributed by atoms with Gasteiger partial charge in [0.1, 0.15) is 29.9 Å². The topological polar surface area (TPSA) is 200 Å². The van der Waals surface area contributed by atoms with Crippen molar-refractivity contribution in [2.45, 2.75) is 62.8 Å². The lowest BCUT2D eigenvalue weighted by atomic mass is 10.0. The van der Waals surface area contributed by atoms with E-state index < -0.39 is 59.8 Å². The molecule has 0 heterocycles. The molecular weight excluding hydrogens is 650 g/mol. The molecule has 4 aromatic carbocycles. The smallest absolute Gasteiger partial charge is 0.326 e. The van der Waals surface area contributed by atoms with Crippen LogP contribution in [0.25, 0.3) is 0 Å². The first kappa shape index (κ1) is 37.8. The van der Waals surface area contributed by atoms with Crippen LogP contribution in [0.5, 0.6) is 5.75 Å². The highest BCUT2D eigenvalue weighted by Gasteiger charge is 2.31. The molecule has 0 unspecified atom stereocenters. The molecule has 0 aromatic heterocycles. The molecule has 4 rings (SSSR count). The monoisotopic (exact) mass is 693 g/mol. The van der Waals surface area contributed by atoms with Gasteiger partial charge in [-0.05, 0) is 47.7 Å². The number of rotatable bonds is 17. The van der Waals surface area contributed by atoms with Gasteiger partial charge in [-0.15, -0.1) is 0 Å². The Kier molecular flexibility index (Phi) is 13.8. The predicted molar refractivity (Wildman–Crippen MR) is 191 cm³/mol. The summed E-state index contributed by atoms with van der Waals surface area (Å²) in [6, 6.07) is 27.3. The van der Waals surface area contributed by atoms with Crippen LogP contribution in [0, 0.1) is 0 Å². The zero-order valence-corrected chi connectivity index (χ0v) is 28.2. The van der Waals surface area contributed by atoms with Gasteiger partial charge in [-0.1, -0.05) is 103 Å². The van der Waals surface area contributed by atoms with Gasteiger partial charge in [0.05, 0.1) is 6.04 Å². The number of aromatic hydroxyl groups is 1. The number of carboxylic acids is 1. The van der Waals surface area contributed by atoms with E-state index in [1.165, 1.54) is 19.1 Å². The number of carbonyl (C=O) groups excluding carboxylic acids is 4. The largest absolute Gasteiger partial charge is 0.508 e. The Labute approximate surface area is 296 Å². The quantitative estimate of drug-likeness (QED) is 0.0871. The molecule has 8 N–H and O–H groups in total. The number of benzene rings is 4. The molecule has 0 aliphatic heterocycles. The van der Waals surface area contributed by atoms with Crippen molar-refractivity contribution in [1.29, 1.82) is 0 Å². The molecule has 12 heteroatoms. The third-order valence-electron chi connectivity index (χ3n) is 8.21. The van der Waals surface area contributed by atoms with Crippen LogP contribution in [0.4, 0.5) is 0 Å². The number of hydrogen-bond donors (Lipinski definition) is 7. The molecule has 266 valence electrons. The maximum atomic E-state index is 13.9. The molecule has 4 amide bonds. The molecule has 0 aliphatic carbocycles. The summed E-state index contributed by atoms with van der Waals surface area (Å²) in [7, 11) is 0. The summed E-state index contributed by atoms with van der Waals surface area (Å²) in [5.74, 6) is -3.87. The summed E-state index contributed by atoms with van der Waals surface area (Å²) in [5.41, 5.74) is 8.96. The number of nitrogens with two attached hydrogens (primary N) is 1. The second-order valence-electron chi connectivity index (χ2n) is 12.3. The number of carboxylic acid groups (broad SMARTS) is 1. The first-order chi connectivity index (χ1) is 24.5. The van der Waals surface area contributed by atoms with E-state index in [-0.39, 0.29) is 31.4 Å². The molecule has 0 fully saturated rings. The van der Waals surface area contributed by atoms with E-state index in [0.717, 1.165) is 11.1 Å². The van der Waals surface area contributed by atoms with Gasteiger partial charge < -0.3 is 37.2 Å². The van der Waals surface area contributed by atoms with E-state index in [2.05, 4.69) is 21.3 Å². The van der Waals surface area contributed by atoms with Crippen LogP contribution >= 0.6 is 0 Å². The van der Waals surface area contributed by atoms with Crippen molar-refractivity contribution in [3.63, 3.8) is 0 Å². The van der Waals surface area contributed by atoms with Crippen molar-refractivity contribution < 1.29 is 34.2 Å². The second kappa shape index (κ2) is 18.7. The standard InChI is InChI=1S/C39H43N5O7/c1-25(41-36(47)31(40)21-26-11-5-2-6-12-26)35(46)42-32(22-27-13-7-3-8-14-27)37(48)43-33(23-28-15-9-4-10-16-28)38(49)44-34(39(50)51)24-29-17-19-30(45)20-18-29/h2-20,25,31-34,45H,21-24,40H2,1H3,(H,41,47)(H,42,46)(H,43,48)(H,44,49)(H,50,51)/t25-,31-,32-,33-,34-/m1/s1. The maximum Gasteiger partial charge on any atom is 0.326 e. The van der Waals surface area contributed by atoms with Gasteiger partial charge in [0, 0.05) is 19.3 Å². The number of carbonyl (C=O) groups is 5. The molecule has 51 heavy (non-hydrogen) atoms. The van der Waals surface area contributed by atoms with E-state index in [1.807, 2.05) is 36.4 Å². The van der Waals surface area contributed by atoms with Gasteiger partial charge in [-0.3, -0.25) is 19.2 Å². The Hall–Kier alpha value is -6.01. The zero-order chi connectivity index (χ0) is 36.8. The van der Waals surface area contributed by atoms with Gasteiger partial charge in [0.25, 0.3) is 0 Å². The fourth-order valence-electron chi connectivity index (χ4n) is 5.37. The van der Waals surface area contributed by atoms with Gasteiger partial charge in [0.15, 0.2) is 0 Å². The van der Waals surface area contributed by atoms with Crippen molar-refractivity contribution in [2.75, 3.05) is 0 Å². The Bertz CT molecular complexity index is 1760. The van der Waals surface area contributed by atoms with Crippen molar-refractivity contribution >= 4 is 29.6 Å². The first-order valence-electron chi connectivity index (χ1n) is 16.6. The van der Waals surface area contributed by atoms with E-state index in [1.54, 1.807) is 66.7 Å². The molecule has 12 nitrogen and oxygen atoms in total. The minimum Gasteiger partial charge on any atom is -0.508 e. The molecule has 0 aliphatic rings. The molecule has 0 spiro atoms. The fourth-order valence-corrected chi connectivity index (χ4v) is 5.37. The minimum absolute atomic E-state index is 0.0147. The highest BCUT2D eigenvalue weighted by Crippen LogP contribution is 2.13. The van der Waals surface area contributed by atoms with Crippen LogP contribution in [0.2, 0.25) is 0 Å². The van der Waals surface area contributed by atoms with Crippen LogP contribution in [0.1, 0.15) is 29.2 Å².